The van der Waals surface area contributed by atoms with E-state index in [1.54, 1.807) is 4.90 Å². The number of benzene rings is 1. The normalized spacial score (nSPS) is 20.0. The van der Waals surface area contributed by atoms with Crippen molar-refractivity contribution < 1.29 is 18.0 Å². The quantitative estimate of drug-likeness (QED) is 0.617. The lowest BCUT2D eigenvalue weighted by Gasteiger charge is -2.43. The van der Waals surface area contributed by atoms with Gasteiger partial charge in [0.1, 0.15) is 0 Å². The smallest absolute Gasteiger partial charge is 0.338 e. The summed E-state index contributed by atoms with van der Waals surface area (Å²) in [5.41, 5.74) is 1.23. The number of rotatable bonds is 4. The van der Waals surface area contributed by atoms with Crippen LogP contribution < -0.4 is 4.90 Å². The molecular weight excluding hydrogens is 455 g/mol. The van der Waals surface area contributed by atoms with Crippen LogP contribution in [-0.4, -0.2) is 71.0 Å². The summed E-state index contributed by atoms with van der Waals surface area (Å²) in [6.45, 7) is 4.88. The fourth-order valence-electron chi connectivity index (χ4n) is 5.04. The molecule has 0 spiro atoms. The van der Waals surface area contributed by atoms with E-state index < -0.39 is 11.7 Å². The third kappa shape index (κ3) is 5.34. The summed E-state index contributed by atoms with van der Waals surface area (Å²) < 4.78 is 39.7. The average molecular weight is 486 g/mol. The Balaban J connectivity index is 1.21. The number of amides is 1. The zero-order valence-corrected chi connectivity index (χ0v) is 19.7. The molecule has 1 amide bonds. The van der Waals surface area contributed by atoms with E-state index in [1.807, 2.05) is 6.20 Å². The van der Waals surface area contributed by atoms with E-state index in [1.165, 1.54) is 49.6 Å². The molecule has 1 aliphatic carbocycles. The first kappa shape index (κ1) is 23.8. The molecule has 0 atom stereocenters. The van der Waals surface area contributed by atoms with Gasteiger partial charge < -0.3 is 9.80 Å². The Morgan fingerprint density at radius 3 is 2.46 bits per heavy atom. The second-order valence-corrected chi connectivity index (χ2v) is 9.49. The maximum Gasteiger partial charge on any atom is 0.416 e. The molecule has 5 rings (SSSR count). The average Bonchev–Trinajstić information content (AvgIpc) is 3.04. The van der Waals surface area contributed by atoms with Gasteiger partial charge in [-0.3, -0.25) is 9.69 Å². The molecule has 2 aromatic rings. The lowest BCUT2D eigenvalue weighted by atomic mass is 9.91. The highest BCUT2D eigenvalue weighted by Gasteiger charge is 2.32. The molecule has 0 radical (unpaired) electrons. The molecule has 0 bridgehead atoms. The molecule has 1 aromatic heterocycles. The predicted molar refractivity (Wildman–Crippen MR) is 128 cm³/mol. The van der Waals surface area contributed by atoms with Gasteiger partial charge in [0.15, 0.2) is 0 Å². The monoisotopic (exact) mass is 485 g/mol. The number of nitrogens with zero attached hydrogens (tertiary/aromatic N) is 5. The van der Waals surface area contributed by atoms with Crippen LogP contribution in [-0.2, 0) is 23.8 Å². The Bertz CT molecular complexity index is 1090. The number of anilines is 1. The predicted octanol–water partition coefficient (Wildman–Crippen LogP) is 3.81. The highest BCUT2D eigenvalue weighted by atomic mass is 19.4. The number of fused-ring (bicyclic) bond motifs is 1. The lowest BCUT2D eigenvalue weighted by Crippen LogP contribution is -2.52. The number of carbonyl (C=O) groups excluding carboxylic acids is 1. The molecule has 9 heteroatoms. The molecule has 1 saturated carbocycles. The number of hydrogen-bond acceptors (Lipinski definition) is 5. The van der Waals surface area contributed by atoms with Crippen LogP contribution in [0.3, 0.4) is 0 Å². The summed E-state index contributed by atoms with van der Waals surface area (Å²) in [5, 5.41) is 0. The van der Waals surface area contributed by atoms with Crippen LogP contribution in [0.15, 0.2) is 36.5 Å². The van der Waals surface area contributed by atoms with Crippen molar-refractivity contribution >= 4 is 17.9 Å². The number of hydrogen-bond donors (Lipinski definition) is 0. The van der Waals surface area contributed by atoms with E-state index in [-0.39, 0.29) is 11.5 Å². The van der Waals surface area contributed by atoms with Crippen molar-refractivity contribution in [2.45, 2.75) is 44.3 Å². The van der Waals surface area contributed by atoms with Crippen molar-refractivity contribution in [3.05, 3.63) is 58.9 Å². The first-order valence-corrected chi connectivity index (χ1v) is 12.4. The van der Waals surface area contributed by atoms with Crippen molar-refractivity contribution in [1.82, 2.24) is 19.8 Å². The molecule has 0 N–H and O–H groups in total. The van der Waals surface area contributed by atoms with Gasteiger partial charge in [0.25, 0.3) is 0 Å². The molecule has 3 aliphatic rings. The molecule has 35 heavy (non-hydrogen) atoms. The number of carbonyl (C=O) groups is 1. The lowest BCUT2D eigenvalue weighted by molar-refractivity contribution is -0.137. The van der Waals surface area contributed by atoms with E-state index in [0.717, 1.165) is 55.5 Å². The topological polar surface area (TPSA) is 52.6 Å². The fourth-order valence-corrected chi connectivity index (χ4v) is 5.04. The molecule has 6 nitrogen and oxygen atoms in total. The SMILES string of the molecule is O=C(C=Cc1ccccc1C(F)(F)F)N1CCc2cnc(N3CCN(C4CCC4)CC3)nc2CC1. The molecule has 1 saturated heterocycles. The van der Waals surface area contributed by atoms with Gasteiger partial charge in [0.2, 0.25) is 11.9 Å². The van der Waals surface area contributed by atoms with Crippen molar-refractivity contribution in [3.8, 4) is 0 Å². The summed E-state index contributed by atoms with van der Waals surface area (Å²) in [5.74, 6) is 0.454. The summed E-state index contributed by atoms with van der Waals surface area (Å²) in [6, 6.07) is 6.03. The van der Waals surface area contributed by atoms with Crippen LogP contribution in [0.4, 0.5) is 19.1 Å². The summed E-state index contributed by atoms with van der Waals surface area (Å²) in [6.07, 6.45) is 5.10. The maximum absolute atomic E-state index is 13.2. The van der Waals surface area contributed by atoms with Gasteiger partial charge in [0.05, 0.1) is 11.3 Å². The Kier molecular flexibility index (Phi) is 6.77. The number of aromatic nitrogens is 2. The maximum atomic E-state index is 13.2. The van der Waals surface area contributed by atoms with E-state index in [2.05, 4.69) is 14.8 Å². The van der Waals surface area contributed by atoms with E-state index in [0.29, 0.717) is 25.9 Å². The standard InChI is InChI=1S/C26H30F3N5O/c27-26(28,29)22-7-2-1-4-19(22)8-9-24(35)33-12-10-20-18-30-25(31-23(20)11-13-33)34-16-14-32(15-17-34)21-5-3-6-21/h1-2,4,7-9,18,21H,3,5-6,10-17H2. The molecule has 186 valence electrons. The van der Waals surface area contributed by atoms with Crippen molar-refractivity contribution in [3.63, 3.8) is 0 Å². The van der Waals surface area contributed by atoms with Gasteiger partial charge in [0, 0.05) is 64.0 Å². The van der Waals surface area contributed by atoms with Crippen LogP contribution in [0, 0.1) is 0 Å². The zero-order valence-electron chi connectivity index (χ0n) is 19.7. The Labute approximate surface area is 203 Å². The van der Waals surface area contributed by atoms with Gasteiger partial charge in [-0.1, -0.05) is 24.6 Å². The van der Waals surface area contributed by atoms with Crippen LogP contribution >= 0.6 is 0 Å². The minimum Gasteiger partial charge on any atom is -0.338 e. The summed E-state index contributed by atoms with van der Waals surface area (Å²) >= 11 is 0. The molecule has 3 heterocycles. The number of piperazine rings is 1. The minimum absolute atomic E-state index is 0.0145. The van der Waals surface area contributed by atoms with Gasteiger partial charge in [-0.25, -0.2) is 9.97 Å². The highest BCUT2D eigenvalue weighted by molar-refractivity contribution is 5.92. The first-order chi connectivity index (χ1) is 16.9. The van der Waals surface area contributed by atoms with E-state index in [9.17, 15) is 18.0 Å². The van der Waals surface area contributed by atoms with E-state index in [4.69, 9.17) is 4.98 Å². The molecule has 0 unspecified atom stereocenters. The zero-order chi connectivity index (χ0) is 24.4. The van der Waals surface area contributed by atoms with Crippen LogP contribution in [0.1, 0.15) is 41.6 Å². The van der Waals surface area contributed by atoms with Crippen molar-refractivity contribution in [1.29, 1.82) is 0 Å². The van der Waals surface area contributed by atoms with Crippen LogP contribution in [0.2, 0.25) is 0 Å². The van der Waals surface area contributed by atoms with Crippen LogP contribution in [0.5, 0.6) is 0 Å². The van der Waals surface area contributed by atoms with E-state index >= 15 is 0 Å². The van der Waals surface area contributed by atoms with Gasteiger partial charge in [-0.05, 0) is 42.5 Å². The van der Waals surface area contributed by atoms with Crippen LogP contribution in [0.25, 0.3) is 6.08 Å². The largest absolute Gasteiger partial charge is 0.416 e. The minimum atomic E-state index is -4.46. The fraction of sp³-hybridized carbons (Fsp3) is 0.500. The highest BCUT2D eigenvalue weighted by Crippen LogP contribution is 2.32. The molecule has 2 aliphatic heterocycles. The van der Waals surface area contributed by atoms with Gasteiger partial charge in [-0.15, -0.1) is 0 Å². The summed E-state index contributed by atoms with van der Waals surface area (Å²) in [7, 11) is 0. The van der Waals surface area contributed by atoms with Crippen molar-refractivity contribution in [2.75, 3.05) is 44.2 Å². The van der Waals surface area contributed by atoms with Gasteiger partial charge >= 0.3 is 6.18 Å². The van der Waals surface area contributed by atoms with Crippen molar-refractivity contribution in [2.24, 2.45) is 0 Å². The van der Waals surface area contributed by atoms with Gasteiger partial charge in [-0.2, -0.15) is 13.2 Å². The third-order valence-electron chi connectivity index (χ3n) is 7.38. The molecule has 2 fully saturated rings. The second kappa shape index (κ2) is 9.97. The molecular formula is C26H30F3N5O. The first-order valence-electron chi connectivity index (χ1n) is 12.4. The Hall–Kier alpha value is -2.94. The number of alkyl halides is 3. The third-order valence-corrected chi connectivity index (χ3v) is 7.38. The second-order valence-electron chi connectivity index (χ2n) is 9.49. The summed E-state index contributed by atoms with van der Waals surface area (Å²) in [4.78, 5) is 28.7. The number of halogens is 3. The Morgan fingerprint density at radius 2 is 1.74 bits per heavy atom. The Morgan fingerprint density at radius 1 is 1.00 bits per heavy atom. The molecule has 1 aromatic carbocycles.